The van der Waals surface area contributed by atoms with E-state index in [1.165, 1.54) is 29.2 Å². The molecule has 0 bridgehead atoms. The number of primary amides is 1. The summed E-state index contributed by atoms with van der Waals surface area (Å²) in [5.74, 6) is -1.12. The van der Waals surface area contributed by atoms with Gasteiger partial charge in [0.15, 0.2) is 5.58 Å². The van der Waals surface area contributed by atoms with Crippen LogP contribution in [0.4, 0.5) is 10.1 Å². The lowest BCUT2D eigenvalue weighted by Gasteiger charge is -2.22. The average Bonchev–Trinajstić information content (AvgIpc) is 3.04. The van der Waals surface area contributed by atoms with Crippen LogP contribution in [0.15, 0.2) is 58.2 Å². The van der Waals surface area contributed by atoms with Crippen LogP contribution >= 0.6 is 11.8 Å². The van der Waals surface area contributed by atoms with E-state index < -0.39 is 11.7 Å². The van der Waals surface area contributed by atoms with Gasteiger partial charge in [-0.05, 0) is 36.4 Å². The molecule has 1 heterocycles. The summed E-state index contributed by atoms with van der Waals surface area (Å²) >= 11 is 1.16. The number of benzene rings is 2. The largest absolute Gasteiger partial charge is 0.431 e. The molecular weight excluding hydrogens is 357 g/mol. The van der Waals surface area contributed by atoms with Crippen molar-refractivity contribution in [3.63, 3.8) is 0 Å². The molecule has 1 aromatic heterocycles. The standard InChI is InChI=1S/C18H16FN3O3S/c19-12-5-7-13(8-6-12)22(10-9-16(20)23)17(24)11-26-18-21-14-3-1-2-4-15(14)25-18/h1-8H,9-11H2,(H2,20,23). The number of carbonyl (C=O) groups is 2. The third-order valence-corrected chi connectivity index (χ3v) is 4.43. The fraction of sp³-hybridized carbons (Fsp3) is 0.167. The van der Waals surface area contributed by atoms with Gasteiger partial charge in [-0.1, -0.05) is 23.9 Å². The van der Waals surface area contributed by atoms with Gasteiger partial charge in [0, 0.05) is 18.7 Å². The predicted octanol–water partition coefficient (Wildman–Crippen LogP) is 2.97. The number of halogens is 1. The highest BCUT2D eigenvalue weighted by Crippen LogP contribution is 2.24. The van der Waals surface area contributed by atoms with Gasteiger partial charge in [0.2, 0.25) is 11.8 Å². The summed E-state index contributed by atoms with van der Waals surface area (Å²) in [6.07, 6.45) is 0.0106. The number of para-hydroxylation sites is 2. The normalized spacial score (nSPS) is 10.8. The number of anilines is 1. The highest BCUT2D eigenvalue weighted by atomic mass is 32.2. The number of hydrogen-bond acceptors (Lipinski definition) is 5. The maximum atomic E-state index is 13.1. The molecular formula is C18H16FN3O3S. The number of nitrogens with zero attached hydrogens (tertiary/aromatic N) is 2. The van der Waals surface area contributed by atoms with E-state index in [2.05, 4.69) is 4.98 Å². The van der Waals surface area contributed by atoms with Crippen molar-refractivity contribution in [2.75, 3.05) is 17.2 Å². The summed E-state index contributed by atoms with van der Waals surface area (Å²) in [7, 11) is 0. The molecule has 0 unspecified atom stereocenters. The van der Waals surface area contributed by atoms with E-state index in [9.17, 15) is 14.0 Å². The molecule has 0 atom stereocenters. The zero-order chi connectivity index (χ0) is 18.5. The molecule has 26 heavy (non-hydrogen) atoms. The van der Waals surface area contributed by atoms with Crippen LogP contribution in [0.5, 0.6) is 0 Å². The maximum absolute atomic E-state index is 13.1. The first-order valence-corrected chi connectivity index (χ1v) is 8.84. The molecule has 2 amide bonds. The Morgan fingerprint density at radius 1 is 1.15 bits per heavy atom. The lowest BCUT2D eigenvalue weighted by molar-refractivity contribution is -0.118. The number of hydrogen-bond donors (Lipinski definition) is 1. The van der Waals surface area contributed by atoms with Gasteiger partial charge < -0.3 is 15.1 Å². The van der Waals surface area contributed by atoms with Gasteiger partial charge in [0.05, 0.1) is 5.75 Å². The van der Waals surface area contributed by atoms with Crippen molar-refractivity contribution < 1.29 is 18.4 Å². The zero-order valence-corrected chi connectivity index (χ0v) is 14.5. The Morgan fingerprint density at radius 2 is 1.88 bits per heavy atom. The SMILES string of the molecule is NC(=O)CCN(C(=O)CSc1nc2ccccc2o1)c1ccc(F)cc1. The Kier molecular flexibility index (Phi) is 5.52. The van der Waals surface area contributed by atoms with Crippen molar-refractivity contribution in [1.29, 1.82) is 0 Å². The predicted molar refractivity (Wildman–Crippen MR) is 97.3 cm³/mol. The molecule has 0 saturated carbocycles. The van der Waals surface area contributed by atoms with Crippen LogP contribution < -0.4 is 10.6 Å². The first kappa shape index (κ1) is 17.9. The second-order valence-electron chi connectivity index (χ2n) is 5.47. The number of fused-ring (bicyclic) bond motifs is 1. The summed E-state index contributed by atoms with van der Waals surface area (Å²) in [5.41, 5.74) is 7.04. The number of aromatic nitrogens is 1. The quantitative estimate of drug-likeness (QED) is 0.643. The van der Waals surface area contributed by atoms with E-state index in [-0.39, 0.29) is 24.6 Å². The van der Waals surface area contributed by atoms with Crippen LogP contribution in [0.3, 0.4) is 0 Å². The first-order chi connectivity index (χ1) is 12.5. The second kappa shape index (κ2) is 8.01. The number of carbonyl (C=O) groups excluding carboxylic acids is 2. The third kappa shape index (κ3) is 4.40. The van der Waals surface area contributed by atoms with E-state index in [0.29, 0.717) is 22.0 Å². The summed E-state index contributed by atoms with van der Waals surface area (Å²) in [5, 5.41) is 0.383. The fourth-order valence-corrected chi connectivity index (χ4v) is 3.07. The van der Waals surface area contributed by atoms with Crippen molar-refractivity contribution in [1.82, 2.24) is 4.98 Å². The number of nitrogens with two attached hydrogens (primary N) is 1. The molecule has 0 spiro atoms. The van der Waals surface area contributed by atoms with Crippen LogP contribution in [-0.2, 0) is 9.59 Å². The molecule has 6 nitrogen and oxygen atoms in total. The summed E-state index contributed by atoms with van der Waals surface area (Å²) in [6.45, 7) is 0.119. The molecule has 0 fully saturated rings. The minimum atomic E-state index is -0.517. The third-order valence-electron chi connectivity index (χ3n) is 3.61. The number of thioether (sulfide) groups is 1. The molecule has 0 saturated heterocycles. The van der Waals surface area contributed by atoms with E-state index >= 15 is 0 Å². The Morgan fingerprint density at radius 3 is 2.58 bits per heavy atom. The smallest absolute Gasteiger partial charge is 0.257 e. The van der Waals surface area contributed by atoms with Crippen LogP contribution in [0, 0.1) is 5.82 Å². The van der Waals surface area contributed by atoms with Crippen LogP contribution in [-0.4, -0.2) is 29.1 Å². The zero-order valence-electron chi connectivity index (χ0n) is 13.7. The number of oxazole rings is 1. The van der Waals surface area contributed by atoms with Crippen LogP contribution in [0.2, 0.25) is 0 Å². The van der Waals surface area contributed by atoms with Crippen molar-refractivity contribution in [3.05, 3.63) is 54.3 Å². The van der Waals surface area contributed by atoms with Gasteiger partial charge in [-0.3, -0.25) is 9.59 Å². The van der Waals surface area contributed by atoms with Crippen molar-refractivity contribution in [3.8, 4) is 0 Å². The van der Waals surface area contributed by atoms with E-state index in [4.69, 9.17) is 10.2 Å². The summed E-state index contributed by atoms with van der Waals surface area (Å²) in [6, 6.07) is 12.8. The minimum absolute atomic E-state index is 0.0106. The Balaban J connectivity index is 1.71. The fourth-order valence-electron chi connectivity index (χ4n) is 2.36. The lowest BCUT2D eigenvalue weighted by atomic mass is 10.2. The molecule has 2 N–H and O–H groups in total. The Labute approximate surface area is 153 Å². The number of amides is 2. The van der Waals surface area contributed by atoms with E-state index in [1.54, 1.807) is 6.07 Å². The average molecular weight is 373 g/mol. The molecule has 0 aliphatic heterocycles. The molecule has 0 aliphatic rings. The summed E-state index contributed by atoms with van der Waals surface area (Å²) in [4.78, 5) is 29.4. The Hall–Kier alpha value is -2.87. The second-order valence-corrected chi connectivity index (χ2v) is 6.40. The summed E-state index contributed by atoms with van der Waals surface area (Å²) < 4.78 is 18.7. The van der Waals surface area contributed by atoms with Gasteiger partial charge in [-0.15, -0.1) is 0 Å². The molecule has 0 radical (unpaired) electrons. The highest BCUT2D eigenvalue weighted by Gasteiger charge is 2.18. The van der Waals surface area contributed by atoms with E-state index in [1.807, 2.05) is 18.2 Å². The number of rotatable bonds is 7. The minimum Gasteiger partial charge on any atom is -0.431 e. The Bertz CT molecular complexity index is 894. The monoisotopic (exact) mass is 373 g/mol. The van der Waals surface area contributed by atoms with Crippen LogP contribution in [0.25, 0.3) is 11.1 Å². The highest BCUT2D eigenvalue weighted by molar-refractivity contribution is 7.99. The molecule has 2 aromatic carbocycles. The van der Waals surface area contributed by atoms with Gasteiger partial charge in [-0.25, -0.2) is 9.37 Å². The molecule has 134 valence electrons. The van der Waals surface area contributed by atoms with Crippen LogP contribution in [0.1, 0.15) is 6.42 Å². The molecule has 0 aliphatic carbocycles. The molecule has 3 rings (SSSR count). The lowest BCUT2D eigenvalue weighted by Crippen LogP contribution is -2.35. The van der Waals surface area contributed by atoms with Gasteiger partial charge in [-0.2, -0.15) is 0 Å². The topological polar surface area (TPSA) is 89.4 Å². The van der Waals surface area contributed by atoms with Crippen molar-refractivity contribution >= 4 is 40.4 Å². The molecule has 8 heteroatoms. The van der Waals surface area contributed by atoms with E-state index in [0.717, 1.165) is 11.8 Å². The van der Waals surface area contributed by atoms with Crippen molar-refractivity contribution in [2.24, 2.45) is 5.73 Å². The van der Waals surface area contributed by atoms with Gasteiger partial charge in [0.1, 0.15) is 11.3 Å². The van der Waals surface area contributed by atoms with Crippen molar-refractivity contribution in [2.45, 2.75) is 11.6 Å². The maximum Gasteiger partial charge on any atom is 0.257 e. The van der Waals surface area contributed by atoms with Gasteiger partial charge in [0.25, 0.3) is 5.22 Å². The molecule has 3 aromatic rings. The van der Waals surface area contributed by atoms with Gasteiger partial charge >= 0.3 is 0 Å². The first-order valence-electron chi connectivity index (χ1n) is 7.85.